The van der Waals surface area contributed by atoms with E-state index in [0.29, 0.717) is 5.92 Å². The van der Waals surface area contributed by atoms with Crippen LogP contribution in [-0.2, 0) is 0 Å². The number of aromatic hydroxyl groups is 1. The summed E-state index contributed by atoms with van der Waals surface area (Å²) in [7, 11) is 3.16. The quantitative estimate of drug-likeness (QED) is 0.406. The standard InChI is InChI=1S/C22H23N3O5/c1-11-9-15(30-10-11)16(12-7-8-12)24-18-17(20(27)21(18)28)23-14-6-4-5-13(19(14)26)22(29)25(2)3/h4-6,9-10,12,16,23-24,26H,7-8H2,1-3H3/t16-/m1/s1. The minimum absolute atomic E-state index is 0.0682. The van der Waals surface area contributed by atoms with E-state index in [1.165, 1.54) is 17.0 Å². The molecule has 1 heterocycles. The maximum Gasteiger partial charge on any atom is 0.257 e. The van der Waals surface area contributed by atoms with Crippen LogP contribution in [0.5, 0.6) is 5.75 Å². The van der Waals surface area contributed by atoms with E-state index in [9.17, 15) is 19.5 Å². The Labute approximate surface area is 172 Å². The van der Waals surface area contributed by atoms with Crippen molar-refractivity contribution in [2.75, 3.05) is 24.7 Å². The van der Waals surface area contributed by atoms with Crippen LogP contribution in [-0.4, -0.2) is 30.0 Å². The molecule has 1 fully saturated rings. The number of aryl methyl sites for hydroxylation is 1. The minimum Gasteiger partial charge on any atom is -0.505 e. The lowest BCUT2D eigenvalue weighted by atomic mass is 10.1. The SMILES string of the molecule is Cc1coc([C@H](Nc2c(Nc3cccc(C(=O)N(C)C)c3O)c(=O)c2=O)C2CC2)c1. The summed E-state index contributed by atoms with van der Waals surface area (Å²) in [6, 6.07) is 6.33. The number of carbonyl (C=O) groups excluding carboxylic acids is 1. The summed E-state index contributed by atoms with van der Waals surface area (Å²) < 4.78 is 5.61. The Morgan fingerprint density at radius 3 is 2.50 bits per heavy atom. The number of benzene rings is 1. The Morgan fingerprint density at radius 2 is 1.90 bits per heavy atom. The van der Waals surface area contributed by atoms with Gasteiger partial charge in [-0.2, -0.15) is 0 Å². The zero-order valence-electron chi connectivity index (χ0n) is 17.0. The molecule has 4 rings (SSSR count). The first-order valence-corrected chi connectivity index (χ1v) is 9.73. The van der Waals surface area contributed by atoms with Crippen LogP contribution in [0.2, 0.25) is 0 Å². The number of phenols is 1. The molecule has 0 aliphatic heterocycles. The summed E-state index contributed by atoms with van der Waals surface area (Å²) >= 11 is 0. The van der Waals surface area contributed by atoms with Gasteiger partial charge in [0.25, 0.3) is 16.8 Å². The fraction of sp³-hybridized carbons (Fsp3) is 0.318. The third kappa shape index (κ3) is 3.45. The second-order valence-electron chi connectivity index (χ2n) is 7.92. The van der Waals surface area contributed by atoms with Crippen molar-refractivity contribution in [1.29, 1.82) is 0 Å². The molecule has 1 saturated carbocycles. The highest BCUT2D eigenvalue weighted by atomic mass is 16.3. The molecule has 1 aliphatic rings. The normalized spacial score (nSPS) is 14.5. The summed E-state index contributed by atoms with van der Waals surface area (Å²) in [6.45, 7) is 1.92. The lowest BCUT2D eigenvalue weighted by Crippen LogP contribution is -2.37. The van der Waals surface area contributed by atoms with Gasteiger partial charge in [-0.3, -0.25) is 14.4 Å². The maximum absolute atomic E-state index is 12.3. The van der Waals surface area contributed by atoms with Gasteiger partial charge in [-0.25, -0.2) is 0 Å². The number of furan rings is 1. The third-order valence-electron chi connectivity index (χ3n) is 5.29. The Balaban J connectivity index is 1.63. The molecule has 1 aromatic heterocycles. The number of para-hydroxylation sites is 1. The summed E-state index contributed by atoms with van der Waals surface area (Å²) in [6.07, 6.45) is 3.66. The summed E-state index contributed by atoms with van der Waals surface area (Å²) in [5.41, 5.74) is 0.189. The predicted octanol–water partition coefficient (Wildman–Crippen LogP) is 2.90. The second-order valence-corrected chi connectivity index (χ2v) is 7.92. The predicted molar refractivity (Wildman–Crippen MR) is 113 cm³/mol. The molecule has 8 nitrogen and oxygen atoms in total. The van der Waals surface area contributed by atoms with Crippen LogP contribution >= 0.6 is 0 Å². The van der Waals surface area contributed by atoms with E-state index < -0.39 is 10.9 Å². The lowest BCUT2D eigenvalue weighted by molar-refractivity contribution is 0.0824. The van der Waals surface area contributed by atoms with Gasteiger partial charge in [-0.1, -0.05) is 6.07 Å². The number of nitrogens with one attached hydrogen (secondary N) is 2. The first-order valence-electron chi connectivity index (χ1n) is 9.73. The monoisotopic (exact) mass is 409 g/mol. The van der Waals surface area contributed by atoms with E-state index in [-0.39, 0.29) is 40.3 Å². The summed E-state index contributed by atoms with van der Waals surface area (Å²) in [5.74, 6) is 0.384. The van der Waals surface area contributed by atoms with Crippen molar-refractivity contribution in [3.05, 3.63) is 67.9 Å². The highest BCUT2D eigenvalue weighted by molar-refractivity contribution is 5.99. The molecule has 0 spiro atoms. The van der Waals surface area contributed by atoms with Crippen molar-refractivity contribution in [1.82, 2.24) is 4.90 Å². The summed E-state index contributed by atoms with van der Waals surface area (Å²) in [5, 5.41) is 16.5. The number of hydrogen-bond donors (Lipinski definition) is 3. The van der Waals surface area contributed by atoms with Gasteiger partial charge in [-0.15, -0.1) is 0 Å². The van der Waals surface area contributed by atoms with Gasteiger partial charge >= 0.3 is 0 Å². The Bertz CT molecular complexity index is 1180. The second kappa shape index (κ2) is 7.37. The first kappa shape index (κ1) is 19.8. The molecule has 2 aromatic carbocycles. The number of amides is 1. The van der Waals surface area contributed by atoms with E-state index in [2.05, 4.69) is 10.6 Å². The van der Waals surface area contributed by atoms with Crippen molar-refractivity contribution in [3.8, 4) is 5.75 Å². The molecule has 156 valence electrons. The van der Waals surface area contributed by atoms with E-state index in [4.69, 9.17) is 4.42 Å². The van der Waals surface area contributed by atoms with Crippen molar-refractivity contribution >= 4 is 23.0 Å². The van der Waals surface area contributed by atoms with Gasteiger partial charge < -0.3 is 25.1 Å². The van der Waals surface area contributed by atoms with Crippen LogP contribution in [0, 0.1) is 12.8 Å². The van der Waals surface area contributed by atoms with Crippen LogP contribution in [0.1, 0.15) is 40.6 Å². The number of carbonyl (C=O) groups is 1. The van der Waals surface area contributed by atoms with E-state index in [1.54, 1.807) is 26.4 Å². The molecule has 0 bridgehead atoms. The molecule has 3 N–H and O–H groups in total. The molecular formula is C22H23N3O5. The largest absolute Gasteiger partial charge is 0.505 e. The summed E-state index contributed by atoms with van der Waals surface area (Å²) in [4.78, 5) is 38.1. The van der Waals surface area contributed by atoms with Crippen molar-refractivity contribution < 1.29 is 14.3 Å². The zero-order chi connectivity index (χ0) is 21.6. The first-order chi connectivity index (χ1) is 14.3. The van der Waals surface area contributed by atoms with Gasteiger partial charge in [0.15, 0.2) is 5.75 Å². The van der Waals surface area contributed by atoms with Crippen LogP contribution in [0.15, 0.2) is 44.5 Å². The molecule has 0 saturated heterocycles. The smallest absolute Gasteiger partial charge is 0.257 e. The number of rotatable bonds is 7. The lowest BCUT2D eigenvalue weighted by Gasteiger charge is -2.21. The van der Waals surface area contributed by atoms with E-state index in [1.807, 2.05) is 13.0 Å². The van der Waals surface area contributed by atoms with Gasteiger partial charge in [-0.05, 0) is 49.4 Å². The maximum atomic E-state index is 12.3. The molecular weight excluding hydrogens is 386 g/mol. The Morgan fingerprint density at radius 1 is 1.20 bits per heavy atom. The van der Waals surface area contributed by atoms with Gasteiger partial charge in [0, 0.05) is 14.1 Å². The van der Waals surface area contributed by atoms with E-state index in [0.717, 1.165) is 24.2 Å². The zero-order valence-corrected chi connectivity index (χ0v) is 17.0. The minimum atomic E-state index is -0.675. The van der Waals surface area contributed by atoms with Crippen molar-refractivity contribution in [3.63, 3.8) is 0 Å². The molecule has 1 atom stereocenters. The number of phenolic OH excluding ortho intramolecular Hbond substituents is 1. The molecule has 0 unspecified atom stereocenters. The van der Waals surface area contributed by atoms with Gasteiger partial charge in [0.05, 0.1) is 23.6 Å². The highest BCUT2D eigenvalue weighted by Crippen LogP contribution is 2.44. The number of nitrogens with zero attached hydrogens (tertiary/aromatic N) is 1. The average molecular weight is 409 g/mol. The number of hydrogen-bond acceptors (Lipinski definition) is 7. The molecule has 1 amide bonds. The van der Waals surface area contributed by atoms with Crippen LogP contribution < -0.4 is 21.5 Å². The topological polar surface area (TPSA) is 112 Å². The van der Waals surface area contributed by atoms with Crippen molar-refractivity contribution in [2.45, 2.75) is 25.8 Å². The molecule has 30 heavy (non-hydrogen) atoms. The fourth-order valence-electron chi connectivity index (χ4n) is 3.46. The fourth-order valence-corrected chi connectivity index (χ4v) is 3.46. The molecule has 3 aromatic rings. The molecule has 1 aliphatic carbocycles. The van der Waals surface area contributed by atoms with E-state index >= 15 is 0 Å². The highest BCUT2D eigenvalue weighted by Gasteiger charge is 2.36. The van der Waals surface area contributed by atoms with Crippen LogP contribution in [0.25, 0.3) is 0 Å². The average Bonchev–Trinajstić information content (AvgIpc) is 3.47. The van der Waals surface area contributed by atoms with Gasteiger partial charge in [0.1, 0.15) is 17.1 Å². The Hall–Kier alpha value is -3.55. The molecule has 8 heteroatoms. The molecule has 0 radical (unpaired) electrons. The Kier molecular flexibility index (Phi) is 4.85. The van der Waals surface area contributed by atoms with Gasteiger partial charge in [0.2, 0.25) is 0 Å². The third-order valence-corrected chi connectivity index (χ3v) is 5.29. The van der Waals surface area contributed by atoms with Crippen molar-refractivity contribution in [2.24, 2.45) is 5.92 Å². The number of anilines is 3. The van der Waals surface area contributed by atoms with Crippen LogP contribution in [0.3, 0.4) is 0 Å². The van der Waals surface area contributed by atoms with Crippen LogP contribution in [0.4, 0.5) is 17.1 Å².